The molecule has 0 spiro atoms. The van der Waals surface area contributed by atoms with Gasteiger partial charge in [-0.15, -0.1) is 0 Å². The SMILES string of the molecule is CCCCCCCC(=O)N[C@@H](CCN)C(=O)N[C@H](C(=O)N[C@@H](CCN)C(=O)N[C@H]1CCNC(=O)[C@H]([C@@H](C)O)NC(=O)[C@H](CO)NC(=O)[C@H](CCN)NC(=O)[C@H](CC(C)C)NC(=O)[C@@H](Cc2ccccc2)NC(=O)[C@H](CCN)NC1=O)[C@@H](C)O. The number of rotatable bonds is 28. The van der Waals surface area contributed by atoms with E-state index >= 15 is 0 Å². The first-order valence-electron chi connectivity index (χ1n) is 28.6. The minimum absolute atomic E-state index is 0.0194. The Bertz CT molecular complexity index is 2260. The van der Waals surface area contributed by atoms with Crippen molar-refractivity contribution in [1.82, 2.24) is 58.5 Å². The molecular formula is C54H93N15O14. The second-order valence-electron chi connectivity index (χ2n) is 21.1. The van der Waals surface area contributed by atoms with Crippen molar-refractivity contribution in [1.29, 1.82) is 0 Å². The van der Waals surface area contributed by atoms with Gasteiger partial charge in [-0.2, -0.15) is 0 Å². The van der Waals surface area contributed by atoms with Gasteiger partial charge in [-0.05, 0) is 96.5 Å². The van der Waals surface area contributed by atoms with Crippen molar-refractivity contribution >= 4 is 65.0 Å². The van der Waals surface area contributed by atoms with Crippen LogP contribution >= 0.6 is 0 Å². The number of unbranched alkanes of at least 4 members (excludes halogenated alkanes) is 4. The van der Waals surface area contributed by atoms with Gasteiger partial charge in [-0.1, -0.05) is 76.8 Å². The fourth-order valence-corrected chi connectivity index (χ4v) is 8.79. The Hall–Kier alpha value is -6.89. The zero-order chi connectivity index (χ0) is 62.2. The molecule has 1 heterocycles. The van der Waals surface area contributed by atoms with E-state index < -0.39 is 157 Å². The highest BCUT2D eigenvalue weighted by atomic mass is 16.3. The monoisotopic (exact) mass is 1180 g/mol. The number of nitrogens with one attached hydrogen (secondary N) is 11. The lowest BCUT2D eigenvalue weighted by atomic mass is 10.00. The predicted octanol–water partition coefficient (Wildman–Crippen LogP) is -5.85. The van der Waals surface area contributed by atoms with Crippen molar-refractivity contribution in [3.05, 3.63) is 35.9 Å². The third-order valence-corrected chi connectivity index (χ3v) is 13.4. The van der Waals surface area contributed by atoms with E-state index in [-0.39, 0.29) is 77.0 Å². The maximum absolute atomic E-state index is 14.5. The van der Waals surface area contributed by atoms with Crippen molar-refractivity contribution in [2.45, 2.75) is 191 Å². The molecule has 29 nitrogen and oxygen atoms in total. The van der Waals surface area contributed by atoms with E-state index in [0.29, 0.717) is 12.0 Å². The number of aliphatic hydroxyl groups excluding tert-OH is 3. The van der Waals surface area contributed by atoms with Crippen molar-refractivity contribution in [2.75, 3.05) is 39.3 Å². The van der Waals surface area contributed by atoms with Crippen LogP contribution in [0.15, 0.2) is 30.3 Å². The zero-order valence-electron chi connectivity index (χ0n) is 48.5. The molecule has 12 atom stereocenters. The molecule has 2 rings (SSSR count). The van der Waals surface area contributed by atoms with Crippen molar-refractivity contribution in [3.8, 4) is 0 Å². The molecule has 83 heavy (non-hydrogen) atoms. The Kier molecular flexibility index (Phi) is 33.8. The smallest absolute Gasteiger partial charge is 0.245 e. The number of hydrogen-bond acceptors (Lipinski definition) is 18. The van der Waals surface area contributed by atoms with Crippen LogP contribution in [-0.4, -0.2) is 192 Å². The molecule has 1 aromatic carbocycles. The van der Waals surface area contributed by atoms with Gasteiger partial charge in [0.05, 0.1) is 18.8 Å². The predicted molar refractivity (Wildman–Crippen MR) is 305 cm³/mol. The van der Waals surface area contributed by atoms with Crippen LogP contribution in [0.5, 0.6) is 0 Å². The molecule has 1 saturated heterocycles. The van der Waals surface area contributed by atoms with Gasteiger partial charge in [0.2, 0.25) is 65.0 Å². The summed E-state index contributed by atoms with van der Waals surface area (Å²) >= 11 is 0. The molecule has 1 fully saturated rings. The van der Waals surface area contributed by atoms with Crippen LogP contribution in [0.25, 0.3) is 0 Å². The number of benzene rings is 1. The Labute approximate surface area is 485 Å². The normalized spacial score (nSPS) is 22.8. The van der Waals surface area contributed by atoms with Crippen LogP contribution in [0.1, 0.15) is 117 Å². The first-order chi connectivity index (χ1) is 39.4. The highest BCUT2D eigenvalue weighted by molar-refractivity contribution is 5.99. The van der Waals surface area contributed by atoms with Gasteiger partial charge in [-0.25, -0.2) is 0 Å². The van der Waals surface area contributed by atoms with Crippen LogP contribution in [0, 0.1) is 5.92 Å². The summed E-state index contributed by atoms with van der Waals surface area (Å²) in [5, 5.41) is 59.1. The average Bonchev–Trinajstić information content (AvgIpc) is 3.51. The molecule has 11 amide bonds. The van der Waals surface area contributed by atoms with Crippen LogP contribution < -0.4 is 81.4 Å². The number of aliphatic hydroxyl groups is 3. The summed E-state index contributed by atoms with van der Waals surface area (Å²) in [4.78, 5) is 153. The zero-order valence-corrected chi connectivity index (χ0v) is 48.5. The van der Waals surface area contributed by atoms with Crippen molar-refractivity contribution in [3.63, 3.8) is 0 Å². The summed E-state index contributed by atoms with van der Waals surface area (Å²) in [5.74, 6) is -10.4. The Balaban J connectivity index is 2.66. The van der Waals surface area contributed by atoms with Gasteiger partial charge in [0.15, 0.2) is 0 Å². The van der Waals surface area contributed by atoms with Gasteiger partial charge < -0.3 is 96.7 Å². The van der Waals surface area contributed by atoms with E-state index in [4.69, 9.17) is 22.9 Å². The molecule has 22 N–H and O–H groups in total. The molecule has 1 aliphatic heterocycles. The average molecular weight is 1180 g/mol. The molecule has 0 aliphatic carbocycles. The number of nitrogens with two attached hydrogens (primary N) is 4. The standard InChI is InChI=1S/C54H93N15O14/c1-6-7-8-9-13-16-42(73)60-34(17-22-55)49(78)69-44(32(5)72)54(83)64-37(20-25-58)45(74)63-38-21-26-59-53(82)43(31(4)71)68-52(81)41(29-70)67-47(76)36(19-24-57)62-50(79)39(27-30(2)3)65-51(80)40(28-33-14-11-10-12-15-33)66-46(75)35(18-23-56)61-48(38)77/h10-12,14-15,30-32,34-41,43-44,70-72H,6-9,13,16-29,55-58H2,1-5H3,(H,59,82)(H,60,73)(H,61,77)(H,62,79)(H,63,74)(H,64,83)(H,65,80)(H,66,75)(H,67,76)(H,68,81)(H,69,78)/t31-,32-,34+,35+,36+,37+,38+,39+,40-,41+,43+,44+/m1/s1. The van der Waals surface area contributed by atoms with Crippen LogP contribution in [-0.2, 0) is 59.2 Å². The largest absolute Gasteiger partial charge is 0.394 e. The van der Waals surface area contributed by atoms with E-state index in [0.717, 1.165) is 32.6 Å². The summed E-state index contributed by atoms with van der Waals surface area (Å²) in [6.07, 6.45) is -0.0115. The summed E-state index contributed by atoms with van der Waals surface area (Å²) in [6, 6.07) is -6.84. The fourth-order valence-electron chi connectivity index (χ4n) is 8.79. The summed E-state index contributed by atoms with van der Waals surface area (Å²) in [6.45, 7) is 5.81. The molecule has 29 heteroatoms. The lowest BCUT2D eigenvalue weighted by Gasteiger charge is -2.29. The summed E-state index contributed by atoms with van der Waals surface area (Å²) < 4.78 is 0. The Morgan fingerprint density at radius 1 is 0.590 bits per heavy atom. The highest BCUT2D eigenvalue weighted by Gasteiger charge is 2.37. The van der Waals surface area contributed by atoms with E-state index in [1.807, 2.05) is 0 Å². The van der Waals surface area contributed by atoms with Crippen LogP contribution in [0.3, 0.4) is 0 Å². The minimum Gasteiger partial charge on any atom is -0.394 e. The maximum Gasteiger partial charge on any atom is 0.245 e. The molecule has 0 aromatic heterocycles. The Morgan fingerprint density at radius 2 is 1.11 bits per heavy atom. The summed E-state index contributed by atoms with van der Waals surface area (Å²) in [7, 11) is 0. The lowest BCUT2D eigenvalue weighted by molar-refractivity contribution is -0.137. The highest BCUT2D eigenvalue weighted by Crippen LogP contribution is 2.12. The number of carbonyl (C=O) groups excluding carboxylic acids is 11. The maximum atomic E-state index is 14.5. The van der Waals surface area contributed by atoms with Crippen molar-refractivity contribution < 1.29 is 68.1 Å². The van der Waals surface area contributed by atoms with Crippen LogP contribution in [0.4, 0.5) is 0 Å². The topological polar surface area (TPSA) is 485 Å². The van der Waals surface area contributed by atoms with Gasteiger partial charge >= 0.3 is 0 Å². The molecule has 468 valence electrons. The third-order valence-electron chi connectivity index (χ3n) is 13.4. The second-order valence-corrected chi connectivity index (χ2v) is 21.1. The van der Waals surface area contributed by atoms with Gasteiger partial charge in [-0.3, -0.25) is 52.7 Å². The first-order valence-corrected chi connectivity index (χ1v) is 28.6. The molecule has 1 aromatic rings. The molecular weight excluding hydrogens is 1080 g/mol. The fraction of sp³-hybridized carbons (Fsp3) is 0.685. The van der Waals surface area contributed by atoms with E-state index in [1.54, 1.807) is 44.2 Å². The van der Waals surface area contributed by atoms with E-state index in [9.17, 15) is 68.1 Å². The molecule has 0 bridgehead atoms. The van der Waals surface area contributed by atoms with Crippen LogP contribution in [0.2, 0.25) is 0 Å². The summed E-state index contributed by atoms with van der Waals surface area (Å²) in [5.41, 5.74) is 24.0. The molecule has 1 aliphatic rings. The lowest BCUT2D eigenvalue weighted by Crippen LogP contribution is -2.62. The number of amides is 11. The van der Waals surface area contributed by atoms with Gasteiger partial charge in [0.25, 0.3) is 0 Å². The van der Waals surface area contributed by atoms with E-state index in [2.05, 4.69) is 65.4 Å². The molecule has 0 saturated carbocycles. The van der Waals surface area contributed by atoms with Crippen molar-refractivity contribution in [2.24, 2.45) is 28.9 Å². The second kappa shape index (κ2) is 38.8. The first kappa shape index (κ1) is 72.2. The number of carbonyl (C=O) groups is 11. The molecule has 0 unspecified atom stereocenters. The molecule has 0 radical (unpaired) electrons. The minimum atomic E-state index is -1.76. The van der Waals surface area contributed by atoms with Gasteiger partial charge in [0.1, 0.15) is 60.4 Å². The third kappa shape index (κ3) is 26.1. The quantitative estimate of drug-likeness (QED) is 0.0348. The Morgan fingerprint density at radius 3 is 1.65 bits per heavy atom. The van der Waals surface area contributed by atoms with Gasteiger partial charge in [0, 0.05) is 19.4 Å². The number of hydrogen-bond donors (Lipinski definition) is 18. The van der Waals surface area contributed by atoms with E-state index in [1.165, 1.54) is 6.92 Å².